The molecule has 0 bridgehead atoms. The van der Waals surface area contributed by atoms with Crippen LogP contribution in [-0.4, -0.2) is 57.8 Å². The third kappa shape index (κ3) is 4.67. The monoisotopic (exact) mass is 317 g/mol. The standard InChI is InChI=1S/C14H23NO5S/c1-5-20-14-7-6-13(8-11(14)2)21(17,18)15(3)9-12(16)10-19-4/h6-8,12,16H,5,9-10H2,1-4H3. The lowest BCUT2D eigenvalue weighted by Crippen LogP contribution is -2.36. The zero-order chi connectivity index (χ0) is 16.0. The van der Waals surface area contributed by atoms with Crippen LogP contribution < -0.4 is 4.74 Å². The van der Waals surface area contributed by atoms with Gasteiger partial charge < -0.3 is 14.6 Å². The molecule has 1 aromatic carbocycles. The average Bonchev–Trinajstić information content (AvgIpc) is 2.41. The summed E-state index contributed by atoms with van der Waals surface area (Å²) in [6.07, 6.45) is -0.862. The number of aliphatic hydroxyl groups is 1. The molecule has 6 nitrogen and oxygen atoms in total. The summed E-state index contributed by atoms with van der Waals surface area (Å²) in [5.74, 6) is 0.665. The van der Waals surface area contributed by atoms with Crippen LogP contribution in [0, 0.1) is 6.92 Å². The number of benzene rings is 1. The summed E-state index contributed by atoms with van der Waals surface area (Å²) < 4.78 is 36.2. The van der Waals surface area contributed by atoms with E-state index in [9.17, 15) is 13.5 Å². The Morgan fingerprint density at radius 2 is 2.05 bits per heavy atom. The average molecular weight is 317 g/mol. The van der Waals surface area contributed by atoms with Crippen molar-refractivity contribution in [2.24, 2.45) is 0 Å². The summed E-state index contributed by atoms with van der Waals surface area (Å²) in [5.41, 5.74) is 0.753. The van der Waals surface area contributed by atoms with Crippen molar-refractivity contribution in [3.63, 3.8) is 0 Å². The largest absolute Gasteiger partial charge is 0.494 e. The first-order valence-electron chi connectivity index (χ1n) is 6.69. The fourth-order valence-corrected chi connectivity index (χ4v) is 3.21. The van der Waals surface area contributed by atoms with Gasteiger partial charge in [0, 0.05) is 20.7 Å². The Balaban J connectivity index is 2.94. The zero-order valence-electron chi connectivity index (χ0n) is 12.9. The van der Waals surface area contributed by atoms with Crippen molar-refractivity contribution >= 4 is 10.0 Å². The smallest absolute Gasteiger partial charge is 0.242 e. The number of hydrogen-bond donors (Lipinski definition) is 1. The molecule has 0 radical (unpaired) electrons. The summed E-state index contributed by atoms with van der Waals surface area (Å²) in [5, 5.41) is 9.65. The van der Waals surface area contributed by atoms with Crippen LogP contribution >= 0.6 is 0 Å². The van der Waals surface area contributed by atoms with Crippen molar-refractivity contribution < 1.29 is 23.0 Å². The molecule has 0 aliphatic heterocycles. The Morgan fingerprint density at radius 1 is 1.38 bits per heavy atom. The predicted molar refractivity (Wildman–Crippen MR) is 80.0 cm³/mol. The van der Waals surface area contributed by atoms with Crippen molar-refractivity contribution in [1.29, 1.82) is 0 Å². The first-order valence-corrected chi connectivity index (χ1v) is 8.13. The van der Waals surface area contributed by atoms with E-state index in [1.807, 2.05) is 6.92 Å². The molecule has 0 saturated heterocycles. The van der Waals surface area contributed by atoms with E-state index in [2.05, 4.69) is 0 Å². The van der Waals surface area contributed by atoms with Gasteiger partial charge in [-0.25, -0.2) is 8.42 Å². The Bertz CT molecular complexity index is 558. The first-order chi connectivity index (χ1) is 9.82. The van der Waals surface area contributed by atoms with Crippen LogP contribution in [0.25, 0.3) is 0 Å². The summed E-state index contributed by atoms with van der Waals surface area (Å²) in [4.78, 5) is 0.176. The van der Waals surface area contributed by atoms with Crippen molar-refractivity contribution in [2.75, 3.05) is 33.9 Å². The van der Waals surface area contributed by atoms with E-state index < -0.39 is 16.1 Å². The summed E-state index contributed by atoms with van der Waals surface area (Å²) in [7, 11) is -0.762. The van der Waals surface area contributed by atoms with E-state index in [0.29, 0.717) is 12.4 Å². The third-order valence-corrected chi connectivity index (χ3v) is 4.80. The Hall–Kier alpha value is -1.15. The highest BCUT2D eigenvalue weighted by Crippen LogP contribution is 2.23. The number of aliphatic hydroxyl groups excluding tert-OH is 1. The van der Waals surface area contributed by atoms with Crippen molar-refractivity contribution in [2.45, 2.75) is 24.8 Å². The van der Waals surface area contributed by atoms with Gasteiger partial charge in [-0.2, -0.15) is 4.31 Å². The van der Waals surface area contributed by atoms with Gasteiger partial charge in [0.15, 0.2) is 0 Å². The van der Waals surface area contributed by atoms with Crippen molar-refractivity contribution in [3.8, 4) is 5.75 Å². The first kappa shape index (κ1) is 17.9. The molecule has 1 rings (SSSR count). The molecular formula is C14H23NO5S. The molecule has 0 spiro atoms. The molecule has 1 aromatic rings. The predicted octanol–water partition coefficient (Wildman–Crippen LogP) is 1.02. The van der Waals surface area contributed by atoms with Crippen LogP contribution in [0.2, 0.25) is 0 Å². The van der Waals surface area contributed by atoms with E-state index in [4.69, 9.17) is 9.47 Å². The molecule has 0 fully saturated rings. The topological polar surface area (TPSA) is 76.1 Å². The van der Waals surface area contributed by atoms with Crippen LogP contribution in [0.15, 0.2) is 23.1 Å². The van der Waals surface area contributed by atoms with Gasteiger partial charge in [-0.3, -0.25) is 0 Å². The minimum atomic E-state index is -3.64. The van der Waals surface area contributed by atoms with E-state index in [1.165, 1.54) is 20.2 Å². The molecular weight excluding hydrogens is 294 g/mol. The van der Waals surface area contributed by atoms with Crippen molar-refractivity contribution in [3.05, 3.63) is 23.8 Å². The lowest BCUT2D eigenvalue weighted by atomic mass is 10.2. The molecule has 0 aliphatic rings. The summed E-state index contributed by atoms with van der Waals surface area (Å²) >= 11 is 0. The Morgan fingerprint density at radius 3 is 2.57 bits per heavy atom. The second-order valence-corrected chi connectivity index (χ2v) is 6.80. The summed E-state index contributed by atoms with van der Waals surface area (Å²) in [6, 6.07) is 4.72. The Kier molecular flexibility index (Phi) is 6.60. The lowest BCUT2D eigenvalue weighted by molar-refractivity contribution is 0.0554. The highest BCUT2D eigenvalue weighted by Gasteiger charge is 2.23. The number of hydrogen-bond acceptors (Lipinski definition) is 5. The number of nitrogens with zero attached hydrogens (tertiary/aromatic N) is 1. The van der Waals surface area contributed by atoms with Gasteiger partial charge in [0.25, 0.3) is 0 Å². The van der Waals surface area contributed by atoms with Crippen LogP contribution in [0.4, 0.5) is 0 Å². The maximum absolute atomic E-state index is 12.4. The number of rotatable bonds is 8. The van der Waals surface area contributed by atoms with E-state index >= 15 is 0 Å². The third-order valence-electron chi connectivity index (χ3n) is 2.98. The Labute approximate surface area is 126 Å². The fraction of sp³-hybridized carbons (Fsp3) is 0.571. The molecule has 0 aliphatic carbocycles. The highest BCUT2D eigenvalue weighted by atomic mass is 32.2. The lowest BCUT2D eigenvalue weighted by Gasteiger charge is -2.20. The van der Waals surface area contributed by atoms with Crippen molar-refractivity contribution in [1.82, 2.24) is 4.31 Å². The maximum atomic E-state index is 12.4. The van der Waals surface area contributed by atoms with Crippen LogP contribution in [0.5, 0.6) is 5.75 Å². The van der Waals surface area contributed by atoms with Gasteiger partial charge in [0.1, 0.15) is 5.75 Å². The van der Waals surface area contributed by atoms with E-state index in [0.717, 1.165) is 9.87 Å². The molecule has 7 heteroatoms. The van der Waals surface area contributed by atoms with Gasteiger partial charge >= 0.3 is 0 Å². The fourth-order valence-electron chi connectivity index (χ4n) is 1.92. The molecule has 21 heavy (non-hydrogen) atoms. The summed E-state index contributed by atoms with van der Waals surface area (Å²) in [6.45, 7) is 4.25. The number of ether oxygens (including phenoxy) is 2. The normalized spacial score (nSPS) is 13.4. The number of aryl methyl sites for hydroxylation is 1. The second kappa shape index (κ2) is 7.74. The van der Waals surface area contributed by atoms with Crippen LogP contribution in [0.3, 0.4) is 0 Å². The zero-order valence-corrected chi connectivity index (χ0v) is 13.7. The minimum absolute atomic E-state index is 0.0254. The van der Waals surface area contributed by atoms with Gasteiger partial charge in [-0.1, -0.05) is 0 Å². The van der Waals surface area contributed by atoms with E-state index in [1.54, 1.807) is 19.1 Å². The SMILES string of the molecule is CCOc1ccc(S(=O)(=O)N(C)CC(O)COC)cc1C. The maximum Gasteiger partial charge on any atom is 0.242 e. The minimum Gasteiger partial charge on any atom is -0.494 e. The van der Waals surface area contributed by atoms with Gasteiger partial charge in [-0.05, 0) is 37.6 Å². The quantitative estimate of drug-likeness (QED) is 0.775. The number of sulfonamides is 1. The molecule has 0 aromatic heterocycles. The number of methoxy groups -OCH3 is 1. The number of likely N-dealkylation sites (N-methyl/N-ethyl adjacent to an activating group) is 1. The molecule has 0 amide bonds. The molecule has 1 N–H and O–H groups in total. The second-order valence-electron chi connectivity index (χ2n) is 4.76. The van der Waals surface area contributed by atoms with Gasteiger partial charge in [-0.15, -0.1) is 0 Å². The molecule has 0 saturated carbocycles. The molecule has 120 valence electrons. The van der Waals surface area contributed by atoms with Gasteiger partial charge in [0.2, 0.25) is 10.0 Å². The van der Waals surface area contributed by atoms with E-state index in [-0.39, 0.29) is 18.0 Å². The van der Waals surface area contributed by atoms with Crippen LogP contribution in [-0.2, 0) is 14.8 Å². The highest BCUT2D eigenvalue weighted by molar-refractivity contribution is 7.89. The van der Waals surface area contributed by atoms with Gasteiger partial charge in [0.05, 0.1) is 24.2 Å². The molecule has 1 atom stereocenters. The van der Waals surface area contributed by atoms with Crippen LogP contribution in [0.1, 0.15) is 12.5 Å². The molecule has 0 heterocycles. The molecule has 1 unspecified atom stereocenters.